The summed E-state index contributed by atoms with van der Waals surface area (Å²) in [7, 11) is 0. The van der Waals surface area contributed by atoms with Crippen LogP contribution in [0.25, 0.3) is 0 Å². The van der Waals surface area contributed by atoms with E-state index in [-0.39, 0.29) is 0 Å². The van der Waals surface area contributed by atoms with Gasteiger partial charge in [0.1, 0.15) is 0 Å². The fourth-order valence-electron chi connectivity index (χ4n) is 1.78. The first-order valence-electron chi connectivity index (χ1n) is 6.85. The van der Waals surface area contributed by atoms with Gasteiger partial charge in [0.05, 0.1) is 17.8 Å². The second kappa shape index (κ2) is 7.36. The van der Waals surface area contributed by atoms with E-state index >= 15 is 0 Å². The maximum absolute atomic E-state index is 5.72. The molecule has 0 atom stereocenters. The van der Waals surface area contributed by atoms with Gasteiger partial charge in [0, 0.05) is 36.1 Å². The third-order valence-electron chi connectivity index (χ3n) is 2.94. The molecule has 4 nitrogen and oxygen atoms in total. The van der Waals surface area contributed by atoms with E-state index < -0.39 is 0 Å². The molecule has 0 aliphatic carbocycles. The van der Waals surface area contributed by atoms with Gasteiger partial charge in [-0.25, -0.2) is 9.97 Å². The summed E-state index contributed by atoms with van der Waals surface area (Å²) in [5.41, 5.74) is 4.17. The van der Waals surface area contributed by atoms with Gasteiger partial charge >= 0.3 is 0 Å². The highest BCUT2D eigenvalue weighted by molar-refractivity contribution is 7.09. The summed E-state index contributed by atoms with van der Waals surface area (Å²) in [6.07, 6.45) is 2.68. The average Bonchev–Trinajstić information content (AvgIpc) is 2.83. The molecular weight excluding hydrogens is 270 g/mol. The lowest BCUT2D eigenvalue weighted by Crippen LogP contribution is -2.21. The van der Waals surface area contributed by atoms with Crippen molar-refractivity contribution < 1.29 is 4.74 Å². The Bertz CT molecular complexity index is 539. The molecule has 2 aromatic rings. The van der Waals surface area contributed by atoms with Gasteiger partial charge in [-0.15, -0.1) is 11.3 Å². The van der Waals surface area contributed by atoms with E-state index in [1.807, 2.05) is 24.6 Å². The van der Waals surface area contributed by atoms with Crippen molar-refractivity contribution >= 4 is 11.3 Å². The largest absolute Gasteiger partial charge is 0.477 e. The Morgan fingerprint density at radius 1 is 1.35 bits per heavy atom. The predicted octanol–water partition coefficient (Wildman–Crippen LogP) is 2.97. The van der Waals surface area contributed by atoms with E-state index in [2.05, 4.69) is 29.1 Å². The van der Waals surface area contributed by atoms with Crippen molar-refractivity contribution in [2.75, 3.05) is 6.61 Å². The van der Waals surface area contributed by atoms with Crippen LogP contribution in [0.5, 0.6) is 5.88 Å². The Morgan fingerprint density at radius 2 is 2.20 bits per heavy atom. The van der Waals surface area contributed by atoms with Crippen LogP contribution < -0.4 is 10.1 Å². The molecule has 0 radical (unpaired) electrons. The standard InChI is InChI=1S/C15H21N3OS/c1-11(2)17-9-13-4-6-16-15(8-13)19-7-5-14-12(3)18-10-20-14/h4,6,8,10-11,17H,5,7,9H2,1-3H3. The molecule has 0 saturated carbocycles. The number of hydrogen-bond donors (Lipinski definition) is 1. The van der Waals surface area contributed by atoms with Crippen LogP contribution in [0.2, 0.25) is 0 Å². The number of nitrogens with zero attached hydrogens (tertiary/aromatic N) is 2. The number of aromatic nitrogens is 2. The highest BCUT2D eigenvalue weighted by Gasteiger charge is 2.03. The van der Waals surface area contributed by atoms with Gasteiger partial charge in [-0.2, -0.15) is 0 Å². The van der Waals surface area contributed by atoms with Crippen molar-refractivity contribution in [2.24, 2.45) is 0 Å². The normalized spacial score (nSPS) is 11.0. The number of rotatable bonds is 7. The Labute approximate surface area is 124 Å². The second-order valence-electron chi connectivity index (χ2n) is 5.00. The first-order chi connectivity index (χ1) is 9.65. The minimum absolute atomic E-state index is 0.474. The van der Waals surface area contributed by atoms with Gasteiger partial charge in [0.15, 0.2) is 0 Å². The van der Waals surface area contributed by atoms with Gasteiger partial charge < -0.3 is 10.1 Å². The number of ether oxygens (including phenoxy) is 1. The van der Waals surface area contributed by atoms with Crippen molar-refractivity contribution in [3.8, 4) is 5.88 Å². The molecule has 2 heterocycles. The molecule has 0 amide bonds. The zero-order valence-corrected chi connectivity index (χ0v) is 13.0. The molecule has 108 valence electrons. The van der Waals surface area contributed by atoms with Crippen LogP contribution in [0.15, 0.2) is 23.8 Å². The van der Waals surface area contributed by atoms with Crippen molar-refractivity contribution in [3.05, 3.63) is 40.0 Å². The lowest BCUT2D eigenvalue weighted by Gasteiger charge is -2.09. The van der Waals surface area contributed by atoms with E-state index in [0.717, 1.165) is 18.7 Å². The lowest BCUT2D eigenvalue weighted by molar-refractivity contribution is 0.309. The topological polar surface area (TPSA) is 47.0 Å². The van der Waals surface area contributed by atoms with Crippen LogP contribution in [-0.4, -0.2) is 22.6 Å². The number of aryl methyl sites for hydroxylation is 1. The predicted molar refractivity (Wildman–Crippen MR) is 82.3 cm³/mol. The molecule has 0 fully saturated rings. The third kappa shape index (κ3) is 4.58. The second-order valence-corrected chi connectivity index (χ2v) is 5.94. The fraction of sp³-hybridized carbons (Fsp3) is 0.467. The summed E-state index contributed by atoms with van der Waals surface area (Å²) in [5.74, 6) is 0.690. The van der Waals surface area contributed by atoms with Crippen LogP contribution >= 0.6 is 11.3 Å². The Hall–Kier alpha value is -1.46. The zero-order chi connectivity index (χ0) is 14.4. The van der Waals surface area contributed by atoms with Crippen molar-refractivity contribution in [2.45, 2.75) is 39.8 Å². The van der Waals surface area contributed by atoms with Gasteiger partial charge in [0.2, 0.25) is 5.88 Å². The minimum atomic E-state index is 0.474. The molecule has 2 aromatic heterocycles. The van der Waals surface area contributed by atoms with E-state index in [1.54, 1.807) is 17.5 Å². The number of pyridine rings is 1. The van der Waals surface area contributed by atoms with Crippen molar-refractivity contribution in [1.82, 2.24) is 15.3 Å². The quantitative estimate of drug-likeness (QED) is 0.852. The molecule has 0 unspecified atom stereocenters. The van der Waals surface area contributed by atoms with E-state index in [0.29, 0.717) is 18.5 Å². The molecule has 0 aromatic carbocycles. The van der Waals surface area contributed by atoms with Gasteiger partial charge in [0.25, 0.3) is 0 Å². The maximum atomic E-state index is 5.72. The average molecular weight is 291 g/mol. The minimum Gasteiger partial charge on any atom is -0.477 e. The fourth-order valence-corrected chi connectivity index (χ4v) is 2.54. The van der Waals surface area contributed by atoms with Crippen molar-refractivity contribution in [3.63, 3.8) is 0 Å². The molecule has 0 saturated heterocycles. The smallest absolute Gasteiger partial charge is 0.213 e. The highest BCUT2D eigenvalue weighted by atomic mass is 32.1. The molecular formula is C15H21N3OS. The molecule has 5 heteroatoms. The third-order valence-corrected chi connectivity index (χ3v) is 3.93. The first kappa shape index (κ1) is 14.9. The lowest BCUT2D eigenvalue weighted by atomic mass is 10.2. The number of hydrogen-bond acceptors (Lipinski definition) is 5. The van der Waals surface area contributed by atoms with Crippen LogP contribution in [0.1, 0.15) is 30.0 Å². The van der Waals surface area contributed by atoms with Crippen LogP contribution in [0, 0.1) is 6.92 Å². The molecule has 20 heavy (non-hydrogen) atoms. The molecule has 0 aliphatic heterocycles. The summed E-state index contributed by atoms with van der Waals surface area (Å²) in [6.45, 7) is 7.77. The van der Waals surface area contributed by atoms with Crippen LogP contribution in [-0.2, 0) is 13.0 Å². The van der Waals surface area contributed by atoms with E-state index in [1.165, 1.54) is 10.4 Å². The summed E-state index contributed by atoms with van der Waals surface area (Å²) in [6, 6.07) is 4.48. The zero-order valence-electron chi connectivity index (χ0n) is 12.2. The Balaban J connectivity index is 1.83. The summed E-state index contributed by atoms with van der Waals surface area (Å²) >= 11 is 1.68. The Morgan fingerprint density at radius 3 is 2.90 bits per heavy atom. The number of thiazole rings is 1. The summed E-state index contributed by atoms with van der Waals surface area (Å²) in [5, 5.41) is 3.38. The van der Waals surface area contributed by atoms with Crippen LogP contribution in [0.3, 0.4) is 0 Å². The van der Waals surface area contributed by atoms with Gasteiger partial charge in [-0.3, -0.25) is 0 Å². The van der Waals surface area contributed by atoms with Crippen molar-refractivity contribution in [1.29, 1.82) is 0 Å². The molecule has 2 rings (SSSR count). The summed E-state index contributed by atoms with van der Waals surface area (Å²) < 4.78 is 5.72. The molecule has 0 aliphatic rings. The number of nitrogens with one attached hydrogen (secondary N) is 1. The summed E-state index contributed by atoms with van der Waals surface area (Å²) in [4.78, 5) is 9.76. The SMILES string of the molecule is Cc1ncsc1CCOc1cc(CNC(C)C)ccn1. The molecule has 0 bridgehead atoms. The van der Waals surface area contributed by atoms with Gasteiger partial charge in [-0.05, 0) is 18.6 Å². The first-order valence-corrected chi connectivity index (χ1v) is 7.73. The molecule has 1 N–H and O–H groups in total. The van der Waals surface area contributed by atoms with E-state index in [4.69, 9.17) is 4.74 Å². The van der Waals surface area contributed by atoms with Gasteiger partial charge in [-0.1, -0.05) is 13.8 Å². The molecule has 0 spiro atoms. The van der Waals surface area contributed by atoms with E-state index in [9.17, 15) is 0 Å². The van der Waals surface area contributed by atoms with Crippen LogP contribution in [0.4, 0.5) is 0 Å². The Kier molecular flexibility index (Phi) is 5.49. The monoisotopic (exact) mass is 291 g/mol. The maximum Gasteiger partial charge on any atom is 0.213 e. The highest BCUT2D eigenvalue weighted by Crippen LogP contribution is 2.14.